The second kappa shape index (κ2) is 11.3. The first-order valence-electron chi connectivity index (χ1n) is 8.89. The quantitative estimate of drug-likeness (QED) is 0.129. The van der Waals surface area contributed by atoms with Crippen LogP contribution >= 0.6 is 31.3 Å². The van der Waals surface area contributed by atoms with Gasteiger partial charge in [0.1, 0.15) is 18.3 Å². The highest BCUT2D eigenvalue weighted by molar-refractivity contribution is 7.66. The first-order chi connectivity index (χ1) is 16.6. The van der Waals surface area contributed by atoms with Crippen LogP contribution in [0.5, 0.6) is 0 Å². The molecule has 0 unspecified atom stereocenters. The largest absolute Gasteiger partial charge is 0.490 e. The van der Waals surface area contributed by atoms with Gasteiger partial charge in [0.15, 0.2) is 17.4 Å². The van der Waals surface area contributed by atoms with Gasteiger partial charge >= 0.3 is 31.3 Å². The summed E-state index contributed by atoms with van der Waals surface area (Å²) in [5.74, 6) is -0.177. The first kappa shape index (κ1) is 31.8. The van der Waals surface area contributed by atoms with E-state index in [0.29, 0.717) is 0 Å². The smallest absolute Gasteiger partial charge is 0.387 e. The van der Waals surface area contributed by atoms with Crippen LogP contribution in [0.2, 0.25) is 0 Å². The van der Waals surface area contributed by atoms with Crippen LogP contribution in [0, 0.1) is 0 Å². The number of fused-ring (bicyclic) bond motifs is 1. The zero-order valence-corrected chi connectivity index (χ0v) is 21.1. The maximum absolute atomic E-state index is 11.7. The Balaban J connectivity index is 0.000000317. The SMILES string of the molecule is Nc1nc2c(ncn2[C@@H]2O[C@H](COP(=O)(O)O)[C@@H](O)[C@H]2O)c(=O)[nH]1.O=P(O)(O)OP(=O)(O)OP(=O)(O)O. The Hall–Kier alpha value is -1.45. The molecule has 0 amide bonds. The molecule has 3 rings (SSSR count). The van der Waals surface area contributed by atoms with E-state index in [1.807, 2.05) is 0 Å². The van der Waals surface area contributed by atoms with E-state index in [1.54, 1.807) is 0 Å². The van der Waals surface area contributed by atoms with E-state index in [1.165, 1.54) is 10.9 Å². The van der Waals surface area contributed by atoms with Crippen molar-refractivity contribution in [2.45, 2.75) is 24.5 Å². The summed E-state index contributed by atoms with van der Waals surface area (Å²) in [6.45, 7) is -0.651. The zero-order chi connectivity index (χ0) is 28.6. The summed E-state index contributed by atoms with van der Waals surface area (Å²) < 4.78 is 58.0. The predicted octanol–water partition coefficient (Wildman–Crippen LogP) is -3.26. The number of nitrogens with zero attached hydrogens (tertiary/aromatic N) is 3. The molecule has 1 saturated heterocycles. The fourth-order valence-corrected chi connectivity index (χ4v) is 5.56. The van der Waals surface area contributed by atoms with Crippen molar-refractivity contribution in [3.63, 3.8) is 0 Å². The van der Waals surface area contributed by atoms with Gasteiger partial charge in [0, 0.05) is 0 Å². The van der Waals surface area contributed by atoms with Crippen molar-refractivity contribution < 1.29 is 80.6 Å². The molecule has 0 aliphatic carbocycles. The zero-order valence-electron chi connectivity index (χ0n) is 17.5. The maximum atomic E-state index is 11.7. The molecular weight excluding hydrogens is 602 g/mol. The summed E-state index contributed by atoms with van der Waals surface area (Å²) in [7, 11) is -20.9. The van der Waals surface area contributed by atoms with Crippen LogP contribution in [0.15, 0.2) is 11.1 Å². The second-order valence-corrected chi connectivity index (χ2v) is 12.2. The van der Waals surface area contributed by atoms with Crippen LogP contribution in [0.3, 0.4) is 0 Å². The third kappa shape index (κ3) is 9.66. The topological polar surface area (TPSA) is 377 Å². The van der Waals surface area contributed by atoms with Gasteiger partial charge < -0.3 is 54.9 Å². The minimum absolute atomic E-state index is 0.0176. The number of anilines is 1. The van der Waals surface area contributed by atoms with Gasteiger partial charge in [-0.25, -0.2) is 23.2 Å². The molecule has 0 saturated carbocycles. The summed E-state index contributed by atoms with van der Waals surface area (Å²) >= 11 is 0. The lowest BCUT2D eigenvalue weighted by molar-refractivity contribution is -0.0503. The number of hydrogen-bond donors (Lipinski definition) is 11. The average molecular weight is 621 g/mol. The molecule has 0 bridgehead atoms. The Morgan fingerprint density at radius 2 is 1.51 bits per heavy atom. The molecule has 12 N–H and O–H groups in total. The number of nitrogens with two attached hydrogens (primary N) is 1. The lowest BCUT2D eigenvalue weighted by Gasteiger charge is -2.16. The van der Waals surface area contributed by atoms with E-state index < -0.39 is 68.0 Å². The molecule has 2 aromatic rings. The molecule has 3 heterocycles. The van der Waals surface area contributed by atoms with Crippen LogP contribution in [0.1, 0.15) is 6.23 Å². The minimum Gasteiger partial charge on any atom is -0.387 e. The van der Waals surface area contributed by atoms with Crippen LogP contribution in [0.4, 0.5) is 5.95 Å². The molecule has 212 valence electrons. The number of H-pyrrole nitrogens is 1. The molecule has 23 nitrogen and oxygen atoms in total. The third-order valence-electron chi connectivity index (χ3n) is 3.89. The lowest BCUT2D eigenvalue weighted by Crippen LogP contribution is -2.33. The van der Waals surface area contributed by atoms with Crippen LogP contribution in [0.25, 0.3) is 11.2 Å². The molecule has 4 atom stereocenters. The number of phosphoric acid groups is 4. The monoisotopic (exact) mass is 621 g/mol. The van der Waals surface area contributed by atoms with Crippen LogP contribution < -0.4 is 11.3 Å². The molecule has 1 aliphatic heterocycles. The third-order valence-corrected chi connectivity index (χ3v) is 7.73. The molecule has 2 aromatic heterocycles. The van der Waals surface area contributed by atoms with E-state index in [2.05, 4.69) is 28.1 Å². The molecule has 37 heavy (non-hydrogen) atoms. The highest BCUT2D eigenvalue weighted by atomic mass is 31.3. The van der Waals surface area contributed by atoms with Crippen molar-refractivity contribution in [2.24, 2.45) is 0 Å². The minimum atomic E-state index is -5.46. The van der Waals surface area contributed by atoms with Gasteiger partial charge in [0.2, 0.25) is 5.95 Å². The highest BCUT2D eigenvalue weighted by Gasteiger charge is 2.45. The van der Waals surface area contributed by atoms with Crippen LogP contribution in [-0.2, 0) is 36.1 Å². The number of ether oxygens (including phenoxy) is 1. The summed E-state index contributed by atoms with van der Waals surface area (Å²) in [5, 5.41) is 20.1. The van der Waals surface area contributed by atoms with Gasteiger partial charge in [0.25, 0.3) is 5.56 Å². The molecular formula is C10H19N5O18P4. The van der Waals surface area contributed by atoms with Gasteiger partial charge in [-0.15, -0.1) is 0 Å². The van der Waals surface area contributed by atoms with E-state index >= 15 is 0 Å². The first-order valence-corrected chi connectivity index (χ1v) is 15.0. The highest BCUT2D eigenvalue weighted by Crippen LogP contribution is 2.64. The average Bonchev–Trinajstić information content (AvgIpc) is 3.18. The summed E-state index contributed by atoms with van der Waals surface area (Å²) in [6, 6.07) is 0. The Bertz CT molecular complexity index is 1330. The van der Waals surface area contributed by atoms with Crippen molar-refractivity contribution in [1.82, 2.24) is 19.5 Å². The van der Waals surface area contributed by atoms with Crippen molar-refractivity contribution >= 4 is 48.4 Å². The summed E-state index contributed by atoms with van der Waals surface area (Å²) in [6.07, 6.45) is -4.22. The van der Waals surface area contributed by atoms with E-state index in [9.17, 15) is 33.3 Å². The number of phosphoric ester groups is 1. The summed E-state index contributed by atoms with van der Waals surface area (Å²) in [4.78, 5) is 79.3. The fraction of sp³-hybridized carbons (Fsp3) is 0.500. The number of rotatable bonds is 8. The molecule has 1 fully saturated rings. The lowest BCUT2D eigenvalue weighted by atomic mass is 10.1. The van der Waals surface area contributed by atoms with E-state index in [-0.39, 0.29) is 17.1 Å². The normalized spacial score (nSPS) is 23.2. The number of aliphatic hydroxyl groups excluding tert-OH is 2. The maximum Gasteiger partial charge on any atom is 0.490 e. The second-order valence-electron chi connectivity index (χ2n) is 6.72. The Kier molecular flexibility index (Phi) is 9.74. The number of hydrogen-bond acceptors (Lipinski definition) is 14. The number of aromatic nitrogens is 4. The van der Waals surface area contributed by atoms with Gasteiger partial charge in [-0.3, -0.25) is 18.9 Å². The van der Waals surface area contributed by atoms with Crippen molar-refractivity contribution in [1.29, 1.82) is 0 Å². The van der Waals surface area contributed by atoms with Gasteiger partial charge in [-0.1, -0.05) is 0 Å². The summed E-state index contributed by atoms with van der Waals surface area (Å²) in [5.41, 5.74) is 4.84. The Labute approximate surface area is 202 Å². The molecule has 27 heteroatoms. The predicted molar refractivity (Wildman–Crippen MR) is 113 cm³/mol. The molecule has 1 aliphatic rings. The number of aromatic amines is 1. The number of aliphatic hydroxyl groups is 2. The molecule has 0 spiro atoms. The standard InChI is InChI=1S/C10H14N5O8P.H5O10P3/c11-10-13-7-4(8(18)14-10)12-2-15(7)9-6(17)5(16)3(23-9)1-22-24(19,20)21;1-11(2,3)9-13(7,8)10-12(4,5)6/h2-3,5-6,9,16-17H,1H2,(H2,19,20,21)(H3,11,13,14,18);(H,7,8)(H2,1,2,3)(H2,4,5,6)/t3-,5-,6-,9-;/m1./s1. The number of nitrogens with one attached hydrogen (secondary N) is 1. The van der Waals surface area contributed by atoms with E-state index in [4.69, 9.17) is 44.7 Å². The van der Waals surface area contributed by atoms with Crippen molar-refractivity contribution in [3.05, 3.63) is 16.7 Å². The van der Waals surface area contributed by atoms with Gasteiger partial charge in [-0.2, -0.15) is 13.6 Å². The molecule has 0 radical (unpaired) electrons. The Morgan fingerprint density at radius 3 is 2.00 bits per heavy atom. The molecule has 0 aromatic carbocycles. The Morgan fingerprint density at radius 1 is 0.973 bits per heavy atom. The fourth-order valence-electron chi connectivity index (χ4n) is 2.68. The van der Waals surface area contributed by atoms with Gasteiger partial charge in [0.05, 0.1) is 12.9 Å². The number of imidazole rings is 1. The van der Waals surface area contributed by atoms with Crippen LogP contribution in [-0.4, -0.2) is 88.9 Å². The van der Waals surface area contributed by atoms with Gasteiger partial charge in [-0.05, 0) is 0 Å². The van der Waals surface area contributed by atoms with Crippen molar-refractivity contribution in [2.75, 3.05) is 12.3 Å². The van der Waals surface area contributed by atoms with E-state index in [0.717, 1.165) is 0 Å². The van der Waals surface area contributed by atoms with Crippen molar-refractivity contribution in [3.8, 4) is 0 Å². The number of nitrogen functional groups attached to an aromatic ring is 1.